The van der Waals surface area contributed by atoms with Crippen molar-refractivity contribution in [1.29, 1.82) is 0 Å². The number of aliphatic hydroxyl groups excluding tert-OH is 1. The van der Waals surface area contributed by atoms with Crippen LogP contribution in [0, 0.1) is 19.3 Å². The predicted molar refractivity (Wildman–Crippen MR) is 146 cm³/mol. The number of rotatable bonds is 10. The summed E-state index contributed by atoms with van der Waals surface area (Å²) in [7, 11) is 0. The lowest BCUT2D eigenvalue weighted by Gasteiger charge is -2.41. The van der Waals surface area contributed by atoms with E-state index in [0.29, 0.717) is 30.0 Å². The Hall–Kier alpha value is -3.60. The van der Waals surface area contributed by atoms with Crippen LogP contribution in [-0.2, 0) is 4.79 Å². The van der Waals surface area contributed by atoms with E-state index in [2.05, 4.69) is 15.8 Å². The van der Waals surface area contributed by atoms with Crippen molar-refractivity contribution in [3.63, 3.8) is 0 Å². The van der Waals surface area contributed by atoms with Gasteiger partial charge in [-0.15, -0.1) is 0 Å². The Morgan fingerprint density at radius 1 is 1.23 bits per heavy atom. The summed E-state index contributed by atoms with van der Waals surface area (Å²) in [4.78, 5) is 41.8. The molecule has 4 atom stereocenters. The van der Waals surface area contributed by atoms with Crippen LogP contribution < -0.4 is 10.6 Å². The number of aliphatic hydroxyl groups is 1. The molecule has 11 nitrogen and oxygen atoms in total. The van der Waals surface area contributed by atoms with Crippen LogP contribution in [0.2, 0.25) is 0 Å². The summed E-state index contributed by atoms with van der Waals surface area (Å²) in [5, 5.41) is 31.1. The molecular formula is C28H41N5O6. The van der Waals surface area contributed by atoms with Gasteiger partial charge in [-0.2, -0.15) is 0 Å². The van der Waals surface area contributed by atoms with Crippen LogP contribution in [0.3, 0.4) is 0 Å². The van der Waals surface area contributed by atoms with Gasteiger partial charge in [-0.1, -0.05) is 69.1 Å². The third-order valence-corrected chi connectivity index (χ3v) is 7.51. The molecule has 39 heavy (non-hydrogen) atoms. The van der Waals surface area contributed by atoms with E-state index in [9.17, 15) is 24.6 Å². The topological polar surface area (TPSA) is 148 Å². The van der Waals surface area contributed by atoms with E-state index < -0.39 is 41.6 Å². The predicted octanol–water partition coefficient (Wildman–Crippen LogP) is 4.31. The Morgan fingerprint density at radius 3 is 2.46 bits per heavy atom. The lowest BCUT2D eigenvalue weighted by atomic mass is 9.85. The SMILES string of the molecule is CCCC[C@@H](C(O)C(=O)N[C@H](C)c1ccccc1)N(C(=O)O)[C@@H]1CN(C(=O)Nc2c(C)noc2C)CC1(C)C. The highest BCUT2D eigenvalue weighted by molar-refractivity contribution is 5.90. The van der Waals surface area contributed by atoms with Gasteiger partial charge < -0.3 is 30.3 Å². The molecule has 0 aliphatic carbocycles. The zero-order valence-corrected chi connectivity index (χ0v) is 23.6. The van der Waals surface area contributed by atoms with Crippen molar-refractivity contribution in [2.75, 3.05) is 18.4 Å². The average molecular weight is 544 g/mol. The summed E-state index contributed by atoms with van der Waals surface area (Å²) in [6.07, 6.45) is -1.14. The van der Waals surface area contributed by atoms with E-state index in [1.54, 1.807) is 18.7 Å². The standard InChI is InChI=1S/C28H41N5O6/c1-7-8-14-21(24(34)25(35)29-17(2)20-12-10-9-11-13-20)33(27(37)38)22-15-32(16-28(22,5)6)26(36)30-23-18(3)31-39-19(23)4/h9-13,17,21-22,24,34H,7-8,14-16H2,1-6H3,(H,29,35)(H,30,36)(H,37,38)/t17-,21+,22-,24?/m1/s1. The van der Waals surface area contributed by atoms with Crippen molar-refractivity contribution in [2.45, 2.75) is 85.0 Å². The van der Waals surface area contributed by atoms with Crippen LogP contribution in [0.1, 0.15) is 70.0 Å². The fourth-order valence-corrected chi connectivity index (χ4v) is 5.25. The maximum atomic E-state index is 13.2. The van der Waals surface area contributed by atoms with Crippen molar-refractivity contribution >= 4 is 23.7 Å². The number of carboxylic acid groups (broad SMARTS) is 1. The van der Waals surface area contributed by atoms with Crippen molar-refractivity contribution < 1.29 is 29.1 Å². The van der Waals surface area contributed by atoms with Crippen LogP contribution in [0.15, 0.2) is 34.9 Å². The second-order valence-electron chi connectivity index (χ2n) is 11.0. The number of hydrogen-bond donors (Lipinski definition) is 4. The molecule has 2 heterocycles. The normalized spacial score (nSPS) is 18.7. The fourth-order valence-electron chi connectivity index (χ4n) is 5.25. The molecule has 1 saturated heterocycles. The zero-order chi connectivity index (χ0) is 28.9. The second kappa shape index (κ2) is 12.5. The summed E-state index contributed by atoms with van der Waals surface area (Å²) >= 11 is 0. The van der Waals surface area contributed by atoms with Crippen molar-refractivity contribution in [1.82, 2.24) is 20.3 Å². The average Bonchev–Trinajstić information content (AvgIpc) is 3.38. The number of aromatic nitrogens is 1. The number of carbonyl (C=O) groups is 3. The summed E-state index contributed by atoms with van der Waals surface area (Å²) in [5.74, 6) is -0.163. The van der Waals surface area contributed by atoms with Gasteiger partial charge in [0.25, 0.3) is 5.91 Å². The minimum atomic E-state index is -1.58. The monoisotopic (exact) mass is 543 g/mol. The molecule has 4 N–H and O–H groups in total. The van der Waals surface area contributed by atoms with Gasteiger partial charge in [0, 0.05) is 18.5 Å². The maximum absolute atomic E-state index is 13.2. The van der Waals surface area contributed by atoms with E-state index in [0.717, 1.165) is 12.0 Å². The first-order chi connectivity index (χ1) is 18.4. The number of aryl methyl sites for hydroxylation is 2. The third kappa shape index (κ3) is 6.89. The highest BCUT2D eigenvalue weighted by Crippen LogP contribution is 2.36. The number of benzene rings is 1. The van der Waals surface area contributed by atoms with Gasteiger partial charge in [0.05, 0.1) is 18.1 Å². The number of carbonyl (C=O) groups excluding carboxylic acids is 2. The van der Waals surface area contributed by atoms with Crippen molar-refractivity contribution in [3.8, 4) is 0 Å². The number of amides is 4. The van der Waals surface area contributed by atoms with Gasteiger partial charge in [-0.3, -0.25) is 9.69 Å². The maximum Gasteiger partial charge on any atom is 0.407 e. The van der Waals surface area contributed by atoms with Crippen LogP contribution in [0.5, 0.6) is 0 Å². The van der Waals surface area contributed by atoms with Crippen LogP contribution in [-0.4, -0.2) is 74.5 Å². The van der Waals surface area contributed by atoms with Gasteiger partial charge in [-0.25, -0.2) is 9.59 Å². The highest BCUT2D eigenvalue weighted by atomic mass is 16.5. The second-order valence-corrected chi connectivity index (χ2v) is 11.0. The minimum absolute atomic E-state index is 0.103. The quantitative estimate of drug-likeness (QED) is 0.349. The molecule has 2 aromatic rings. The number of likely N-dealkylation sites (tertiary alicyclic amines) is 1. The molecule has 1 fully saturated rings. The molecule has 0 radical (unpaired) electrons. The molecule has 11 heteroatoms. The molecule has 1 aromatic carbocycles. The molecule has 1 unspecified atom stereocenters. The van der Waals surface area contributed by atoms with Crippen LogP contribution in [0.25, 0.3) is 0 Å². The number of unbranched alkanes of at least 4 members (excludes halogenated alkanes) is 1. The van der Waals surface area contributed by atoms with Crippen molar-refractivity contribution in [2.24, 2.45) is 5.41 Å². The Kier molecular flexibility index (Phi) is 9.60. The number of nitrogens with one attached hydrogen (secondary N) is 2. The van der Waals surface area contributed by atoms with E-state index in [4.69, 9.17) is 4.52 Å². The molecule has 1 aromatic heterocycles. The zero-order valence-electron chi connectivity index (χ0n) is 23.6. The van der Waals surface area contributed by atoms with Gasteiger partial charge in [0.1, 0.15) is 11.4 Å². The first-order valence-electron chi connectivity index (χ1n) is 13.4. The fraction of sp³-hybridized carbons (Fsp3) is 0.571. The smallest absolute Gasteiger partial charge is 0.407 e. The first kappa shape index (κ1) is 29.9. The third-order valence-electron chi connectivity index (χ3n) is 7.51. The summed E-state index contributed by atoms with van der Waals surface area (Å²) < 4.78 is 5.13. The number of urea groups is 1. The number of anilines is 1. The molecular weight excluding hydrogens is 502 g/mol. The van der Waals surface area contributed by atoms with E-state index in [1.807, 2.05) is 58.0 Å². The molecule has 0 spiro atoms. The largest absolute Gasteiger partial charge is 0.465 e. The van der Waals surface area contributed by atoms with Crippen molar-refractivity contribution in [3.05, 3.63) is 47.3 Å². The van der Waals surface area contributed by atoms with E-state index in [1.165, 1.54) is 4.90 Å². The molecule has 3 rings (SSSR count). The van der Waals surface area contributed by atoms with E-state index >= 15 is 0 Å². The van der Waals surface area contributed by atoms with Gasteiger partial charge in [0.15, 0.2) is 11.9 Å². The summed E-state index contributed by atoms with van der Waals surface area (Å²) in [5.41, 5.74) is 1.25. The van der Waals surface area contributed by atoms with E-state index in [-0.39, 0.29) is 19.1 Å². The highest BCUT2D eigenvalue weighted by Gasteiger charge is 2.50. The Morgan fingerprint density at radius 2 is 1.90 bits per heavy atom. The first-order valence-corrected chi connectivity index (χ1v) is 13.4. The Balaban J connectivity index is 1.82. The molecule has 1 aliphatic rings. The Labute approximate surface area is 229 Å². The minimum Gasteiger partial charge on any atom is -0.465 e. The van der Waals surface area contributed by atoms with Gasteiger partial charge in [0.2, 0.25) is 0 Å². The molecule has 214 valence electrons. The molecule has 0 bridgehead atoms. The molecule has 1 aliphatic heterocycles. The van der Waals surface area contributed by atoms with Crippen LogP contribution >= 0.6 is 0 Å². The van der Waals surface area contributed by atoms with Gasteiger partial charge >= 0.3 is 12.1 Å². The summed E-state index contributed by atoms with van der Waals surface area (Å²) in [6, 6.07) is 6.94. The molecule has 0 saturated carbocycles. The molecule has 4 amide bonds. The lowest BCUT2D eigenvalue weighted by Crippen LogP contribution is -2.59. The van der Waals surface area contributed by atoms with Gasteiger partial charge in [-0.05, 0) is 32.8 Å². The number of hydrogen-bond acceptors (Lipinski definition) is 6. The Bertz CT molecular complexity index is 1130. The lowest BCUT2D eigenvalue weighted by molar-refractivity contribution is -0.134. The number of nitrogens with zero attached hydrogens (tertiary/aromatic N) is 3. The summed E-state index contributed by atoms with van der Waals surface area (Å²) in [6.45, 7) is 11.4. The van der Waals surface area contributed by atoms with Crippen LogP contribution in [0.4, 0.5) is 15.3 Å².